The first-order chi connectivity index (χ1) is 6.13. The van der Waals surface area contributed by atoms with Gasteiger partial charge in [0.05, 0.1) is 0 Å². The number of hydrogen-bond acceptors (Lipinski definition) is 1. The smallest absolute Gasteiger partial charge is 0 e. The van der Waals surface area contributed by atoms with E-state index >= 15 is 0 Å². The van der Waals surface area contributed by atoms with Crippen molar-refractivity contribution in [3.8, 4) is 0 Å². The van der Waals surface area contributed by atoms with Crippen LogP contribution in [0.4, 0.5) is 0 Å². The molecule has 1 N–H and O–H groups in total. The summed E-state index contributed by atoms with van der Waals surface area (Å²) in [4.78, 5) is 0. The van der Waals surface area contributed by atoms with Gasteiger partial charge < -0.3 is 5.32 Å². The van der Waals surface area contributed by atoms with E-state index in [1.807, 2.05) is 13.8 Å². The van der Waals surface area contributed by atoms with Crippen molar-refractivity contribution in [2.75, 3.05) is 13.1 Å². The topological polar surface area (TPSA) is 12.0 Å². The van der Waals surface area contributed by atoms with Crippen LogP contribution in [0, 0.1) is 11.8 Å². The lowest BCUT2D eigenvalue weighted by Crippen LogP contribution is -2.19. The summed E-state index contributed by atoms with van der Waals surface area (Å²) in [6.45, 7) is 15.4. The lowest BCUT2D eigenvalue weighted by atomic mass is 10.1. The van der Waals surface area contributed by atoms with Gasteiger partial charge in [-0.2, -0.15) is 0 Å². The van der Waals surface area contributed by atoms with Gasteiger partial charge in [0, 0.05) is 1.43 Å². The van der Waals surface area contributed by atoms with E-state index in [4.69, 9.17) is 0 Å². The van der Waals surface area contributed by atoms with E-state index in [9.17, 15) is 0 Å². The van der Waals surface area contributed by atoms with Crippen molar-refractivity contribution in [2.45, 2.75) is 54.4 Å². The molecule has 0 aromatic heterocycles. The number of rotatable bonds is 6. The van der Waals surface area contributed by atoms with E-state index in [-0.39, 0.29) is 1.43 Å². The number of nitrogens with one attached hydrogen (secondary N) is 1. The standard InChI is InChI=1S/C10H23N.C2H6.H2/c1-9(2)5-7-11-8-6-10(3)4;1-2;/h9-11H,5-8H2,1-4H3;1-2H3;1H. The third-order valence-electron chi connectivity index (χ3n) is 1.80. The summed E-state index contributed by atoms with van der Waals surface area (Å²) >= 11 is 0. The largest absolute Gasteiger partial charge is 0.317 e. The van der Waals surface area contributed by atoms with E-state index < -0.39 is 0 Å². The fourth-order valence-electron chi connectivity index (χ4n) is 0.906. The molecule has 0 bridgehead atoms. The van der Waals surface area contributed by atoms with Gasteiger partial charge in [0.25, 0.3) is 0 Å². The maximum absolute atomic E-state index is 3.45. The van der Waals surface area contributed by atoms with E-state index in [0.29, 0.717) is 0 Å². The Morgan fingerprint density at radius 3 is 1.38 bits per heavy atom. The first-order valence-corrected chi connectivity index (χ1v) is 5.83. The highest BCUT2D eigenvalue weighted by Gasteiger charge is 1.94. The van der Waals surface area contributed by atoms with Crippen LogP contribution in [-0.2, 0) is 0 Å². The van der Waals surface area contributed by atoms with Gasteiger partial charge >= 0.3 is 0 Å². The average Bonchev–Trinajstić information content (AvgIpc) is 2.06. The number of hydrogen-bond donors (Lipinski definition) is 1. The van der Waals surface area contributed by atoms with Crippen LogP contribution < -0.4 is 5.32 Å². The second kappa shape index (κ2) is 12.0. The zero-order valence-electron chi connectivity index (χ0n) is 10.5. The quantitative estimate of drug-likeness (QED) is 0.624. The molecule has 1 heteroatoms. The molecule has 0 radical (unpaired) electrons. The van der Waals surface area contributed by atoms with Gasteiger partial charge in [-0.15, -0.1) is 0 Å². The van der Waals surface area contributed by atoms with Gasteiger partial charge in [-0.25, -0.2) is 0 Å². The predicted octanol–water partition coefficient (Wildman–Crippen LogP) is 3.94. The minimum atomic E-state index is 0. The zero-order chi connectivity index (χ0) is 10.7. The molecule has 84 valence electrons. The summed E-state index contributed by atoms with van der Waals surface area (Å²) in [5, 5.41) is 3.45. The molecule has 0 unspecified atom stereocenters. The van der Waals surface area contributed by atoms with Gasteiger partial charge in [0.1, 0.15) is 0 Å². The Balaban J connectivity index is -0.000000376. The van der Waals surface area contributed by atoms with Gasteiger partial charge in [0.2, 0.25) is 0 Å². The zero-order valence-corrected chi connectivity index (χ0v) is 10.5. The third kappa shape index (κ3) is 18.7. The molecule has 0 heterocycles. The molecule has 0 rings (SSSR count). The molecule has 0 atom stereocenters. The SMILES string of the molecule is CC.CC(C)CCNCCC(C)C.[HH]. The Bertz CT molecular complexity index is 72.4. The highest BCUT2D eigenvalue weighted by molar-refractivity contribution is 4.52. The second-order valence-electron chi connectivity index (χ2n) is 4.12. The predicted molar refractivity (Wildman–Crippen MR) is 65.2 cm³/mol. The Labute approximate surface area is 86.8 Å². The molecule has 0 saturated heterocycles. The molecular weight excluding hydrogens is 158 g/mol. The van der Waals surface area contributed by atoms with E-state index in [0.717, 1.165) is 11.8 Å². The minimum absolute atomic E-state index is 0. The average molecular weight is 189 g/mol. The molecule has 1 nitrogen and oxygen atoms in total. The molecule has 0 fully saturated rings. The van der Waals surface area contributed by atoms with Crippen molar-refractivity contribution in [2.24, 2.45) is 11.8 Å². The summed E-state index contributed by atoms with van der Waals surface area (Å²) < 4.78 is 0. The van der Waals surface area contributed by atoms with E-state index in [1.165, 1.54) is 25.9 Å². The second-order valence-corrected chi connectivity index (χ2v) is 4.12. The van der Waals surface area contributed by atoms with Gasteiger partial charge in [-0.05, 0) is 37.8 Å². The van der Waals surface area contributed by atoms with Crippen LogP contribution in [0.25, 0.3) is 0 Å². The lowest BCUT2D eigenvalue weighted by Gasteiger charge is -2.07. The summed E-state index contributed by atoms with van der Waals surface area (Å²) in [6.07, 6.45) is 2.61. The fourth-order valence-corrected chi connectivity index (χ4v) is 0.906. The molecular formula is C12H31N. The monoisotopic (exact) mass is 189 g/mol. The molecule has 0 aliphatic carbocycles. The van der Waals surface area contributed by atoms with Gasteiger partial charge in [0.15, 0.2) is 0 Å². The molecule has 13 heavy (non-hydrogen) atoms. The van der Waals surface area contributed by atoms with Crippen LogP contribution in [0.3, 0.4) is 0 Å². The van der Waals surface area contributed by atoms with Crippen molar-refractivity contribution < 1.29 is 1.43 Å². The Morgan fingerprint density at radius 2 is 1.15 bits per heavy atom. The lowest BCUT2D eigenvalue weighted by molar-refractivity contribution is 0.498. The first-order valence-electron chi connectivity index (χ1n) is 5.83. The van der Waals surface area contributed by atoms with E-state index in [2.05, 4.69) is 33.0 Å². The van der Waals surface area contributed by atoms with Gasteiger partial charge in [-0.1, -0.05) is 41.5 Å². The van der Waals surface area contributed by atoms with Crippen molar-refractivity contribution in [1.82, 2.24) is 5.32 Å². The Morgan fingerprint density at radius 1 is 0.846 bits per heavy atom. The van der Waals surface area contributed by atoms with Crippen LogP contribution in [0.2, 0.25) is 0 Å². The molecule has 0 aliphatic rings. The van der Waals surface area contributed by atoms with Crippen molar-refractivity contribution in [3.63, 3.8) is 0 Å². The molecule has 0 saturated carbocycles. The van der Waals surface area contributed by atoms with Crippen LogP contribution in [0.15, 0.2) is 0 Å². The van der Waals surface area contributed by atoms with Gasteiger partial charge in [-0.3, -0.25) is 0 Å². The molecule has 0 aliphatic heterocycles. The summed E-state index contributed by atoms with van der Waals surface area (Å²) in [5.41, 5.74) is 0. The summed E-state index contributed by atoms with van der Waals surface area (Å²) in [7, 11) is 0. The van der Waals surface area contributed by atoms with Crippen LogP contribution in [-0.4, -0.2) is 13.1 Å². The molecule has 0 aromatic rings. The van der Waals surface area contributed by atoms with Crippen molar-refractivity contribution in [3.05, 3.63) is 0 Å². The normalized spacial score (nSPS) is 10.2. The highest BCUT2D eigenvalue weighted by atomic mass is 14.8. The van der Waals surface area contributed by atoms with Crippen LogP contribution in [0.5, 0.6) is 0 Å². The molecule has 0 spiro atoms. The van der Waals surface area contributed by atoms with Crippen LogP contribution in [0.1, 0.15) is 55.8 Å². The summed E-state index contributed by atoms with van der Waals surface area (Å²) in [6, 6.07) is 0. The maximum atomic E-state index is 3.45. The molecule has 0 amide bonds. The van der Waals surface area contributed by atoms with Crippen molar-refractivity contribution in [1.29, 1.82) is 0 Å². The molecule has 0 aromatic carbocycles. The Kier molecular flexibility index (Phi) is 14.2. The van der Waals surface area contributed by atoms with Crippen LogP contribution >= 0.6 is 0 Å². The Hall–Kier alpha value is -0.0400. The minimum Gasteiger partial charge on any atom is -0.317 e. The maximum Gasteiger partial charge on any atom is 0 e. The van der Waals surface area contributed by atoms with E-state index in [1.54, 1.807) is 0 Å². The fraction of sp³-hybridized carbons (Fsp3) is 1.00. The first kappa shape index (κ1) is 15.4. The third-order valence-corrected chi connectivity index (χ3v) is 1.80. The highest BCUT2D eigenvalue weighted by Crippen LogP contribution is 1.98. The summed E-state index contributed by atoms with van der Waals surface area (Å²) in [5.74, 6) is 1.67. The van der Waals surface area contributed by atoms with Crippen molar-refractivity contribution >= 4 is 0 Å².